The van der Waals surface area contributed by atoms with Gasteiger partial charge in [0.2, 0.25) is 0 Å². The zero-order chi connectivity index (χ0) is 18.6. The molecule has 6 heteroatoms. The topological polar surface area (TPSA) is 64.6 Å². The molecule has 0 saturated carbocycles. The smallest absolute Gasteiger partial charge is 0.338 e. The number of benzene rings is 2. The number of hydrogen-bond acceptors (Lipinski definition) is 4. The second kappa shape index (κ2) is 8.03. The molecular formula is C19H20ClNO4. The number of hydrogen-bond donors (Lipinski definition) is 1. The highest BCUT2D eigenvalue weighted by Gasteiger charge is 2.20. The number of rotatable bonds is 5. The lowest BCUT2D eigenvalue weighted by molar-refractivity contribution is -0.123. The number of carbonyl (C=O) groups excluding carboxylic acids is 2. The molecule has 0 aliphatic carbocycles. The molecule has 1 amide bonds. The summed E-state index contributed by atoms with van der Waals surface area (Å²) in [6, 6.07) is 10.3. The van der Waals surface area contributed by atoms with Crippen molar-refractivity contribution in [2.24, 2.45) is 0 Å². The molecule has 0 spiro atoms. The lowest BCUT2D eigenvalue weighted by atomic mass is 10.1. The fourth-order valence-electron chi connectivity index (χ4n) is 2.22. The Kier molecular flexibility index (Phi) is 6.04. The number of carbonyl (C=O) groups is 2. The maximum Gasteiger partial charge on any atom is 0.338 e. The molecule has 2 aromatic carbocycles. The van der Waals surface area contributed by atoms with Gasteiger partial charge < -0.3 is 14.8 Å². The van der Waals surface area contributed by atoms with E-state index in [4.69, 9.17) is 21.1 Å². The van der Waals surface area contributed by atoms with Crippen LogP contribution < -0.4 is 10.1 Å². The largest absolute Gasteiger partial charge is 0.495 e. The van der Waals surface area contributed by atoms with Gasteiger partial charge in [-0.2, -0.15) is 0 Å². The molecule has 0 bridgehead atoms. The minimum atomic E-state index is -0.964. The number of methoxy groups -OCH3 is 1. The lowest BCUT2D eigenvalue weighted by Gasteiger charge is -2.16. The van der Waals surface area contributed by atoms with Crippen LogP contribution in [0.1, 0.15) is 28.4 Å². The number of halogens is 1. The quantitative estimate of drug-likeness (QED) is 0.812. The van der Waals surface area contributed by atoms with Crippen LogP contribution in [-0.2, 0) is 9.53 Å². The third-order valence-electron chi connectivity index (χ3n) is 3.65. The molecule has 2 rings (SSSR count). The summed E-state index contributed by atoms with van der Waals surface area (Å²) in [5, 5.41) is 3.23. The number of aryl methyl sites for hydroxylation is 2. The average molecular weight is 362 g/mol. The van der Waals surface area contributed by atoms with Crippen LogP contribution >= 0.6 is 11.6 Å². The normalized spacial score (nSPS) is 11.6. The molecule has 0 saturated heterocycles. The summed E-state index contributed by atoms with van der Waals surface area (Å²) in [5.74, 6) is -0.576. The van der Waals surface area contributed by atoms with E-state index >= 15 is 0 Å². The predicted octanol–water partition coefficient (Wildman–Crippen LogP) is 4.15. The van der Waals surface area contributed by atoms with Crippen molar-refractivity contribution in [3.05, 3.63) is 58.1 Å². The molecule has 25 heavy (non-hydrogen) atoms. The van der Waals surface area contributed by atoms with E-state index in [0.717, 1.165) is 11.1 Å². The molecule has 0 aliphatic heterocycles. The van der Waals surface area contributed by atoms with E-state index in [1.165, 1.54) is 14.0 Å². The first kappa shape index (κ1) is 18.8. The van der Waals surface area contributed by atoms with Crippen molar-refractivity contribution >= 4 is 29.2 Å². The van der Waals surface area contributed by atoms with Gasteiger partial charge in [-0.25, -0.2) is 4.79 Å². The van der Waals surface area contributed by atoms with Crippen molar-refractivity contribution in [1.82, 2.24) is 0 Å². The van der Waals surface area contributed by atoms with Crippen molar-refractivity contribution in [3.63, 3.8) is 0 Å². The minimum absolute atomic E-state index is 0.402. The summed E-state index contributed by atoms with van der Waals surface area (Å²) < 4.78 is 10.5. The number of ether oxygens (including phenoxy) is 2. The summed E-state index contributed by atoms with van der Waals surface area (Å²) in [4.78, 5) is 24.5. The average Bonchev–Trinajstić information content (AvgIpc) is 2.57. The summed E-state index contributed by atoms with van der Waals surface area (Å²) in [6.45, 7) is 5.21. The summed E-state index contributed by atoms with van der Waals surface area (Å²) in [7, 11) is 1.48. The van der Waals surface area contributed by atoms with Crippen molar-refractivity contribution < 1.29 is 19.1 Å². The number of esters is 1. The Hall–Kier alpha value is -2.53. The summed E-state index contributed by atoms with van der Waals surface area (Å²) in [6.07, 6.45) is -0.964. The molecule has 0 heterocycles. The Balaban J connectivity index is 2.08. The molecule has 2 aromatic rings. The second-order valence-corrected chi connectivity index (χ2v) is 6.12. The van der Waals surface area contributed by atoms with Crippen LogP contribution in [0.25, 0.3) is 0 Å². The number of amides is 1. The summed E-state index contributed by atoms with van der Waals surface area (Å²) >= 11 is 6.05. The van der Waals surface area contributed by atoms with Crippen LogP contribution in [0.3, 0.4) is 0 Å². The molecule has 0 fully saturated rings. The van der Waals surface area contributed by atoms with Gasteiger partial charge in [0.25, 0.3) is 5.91 Å². The van der Waals surface area contributed by atoms with Gasteiger partial charge in [-0.3, -0.25) is 4.79 Å². The number of nitrogens with one attached hydrogen (secondary N) is 1. The third kappa shape index (κ3) is 4.73. The van der Waals surface area contributed by atoms with Gasteiger partial charge >= 0.3 is 5.97 Å². The highest BCUT2D eigenvalue weighted by molar-refractivity contribution is 6.31. The zero-order valence-electron chi connectivity index (χ0n) is 14.6. The predicted molar refractivity (Wildman–Crippen MR) is 97.4 cm³/mol. The van der Waals surface area contributed by atoms with Gasteiger partial charge in [0.15, 0.2) is 6.10 Å². The van der Waals surface area contributed by atoms with E-state index in [9.17, 15) is 9.59 Å². The maximum absolute atomic E-state index is 12.3. The molecule has 5 nitrogen and oxygen atoms in total. The van der Waals surface area contributed by atoms with E-state index < -0.39 is 18.0 Å². The van der Waals surface area contributed by atoms with Gasteiger partial charge in [-0.1, -0.05) is 29.3 Å². The minimum Gasteiger partial charge on any atom is -0.495 e. The van der Waals surface area contributed by atoms with Crippen molar-refractivity contribution in [1.29, 1.82) is 0 Å². The highest BCUT2D eigenvalue weighted by atomic mass is 35.5. The van der Waals surface area contributed by atoms with E-state index in [-0.39, 0.29) is 0 Å². The van der Waals surface area contributed by atoms with Crippen LogP contribution in [0.4, 0.5) is 5.69 Å². The van der Waals surface area contributed by atoms with Gasteiger partial charge in [0.1, 0.15) is 5.75 Å². The van der Waals surface area contributed by atoms with Crippen LogP contribution in [0.2, 0.25) is 5.02 Å². The van der Waals surface area contributed by atoms with E-state index in [0.29, 0.717) is 22.0 Å². The molecule has 1 unspecified atom stereocenters. The Bertz CT molecular complexity index is 804. The first-order chi connectivity index (χ1) is 11.8. The lowest BCUT2D eigenvalue weighted by Crippen LogP contribution is -2.30. The van der Waals surface area contributed by atoms with E-state index in [2.05, 4.69) is 5.32 Å². The van der Waals surface area contributed by atoms with Crippen molar-refractivity contribution in [3.8, 4) is 5.75 Å². The van der Waals surface area contributed by atoms with E-state index in [1.54, 1.807) is 30.3 Å². The number of anilines is 1. The third-order valence-corrected chi connectivity index (χ3v) is 4.05. The van der Waals surface area contributed by atoms with Gasteiger partial charge in [-0.05, 0) is 44.5 Å². The van der Waals surface area contributed by atoms with Gasteiger partial charge in [0, 0.05) is 11.1 Å². The second-order valence-electron chi connectivity index (χ2n) is 5.71. The van der Waals surface area contributed by atoms with Gasteiger partial charge in [-0.15, -0.1) is 0 Å². The monoisotopic (exact) mass is 361 g/mol. The first-order valence-electron chi connectivity index (χ1n) is 7.74. The Labute approximate surface area is 151 Å². The molecule has 132 valence electrons. The summed E-state index contributed by atoms with van der Waals surface area (Å²) in [5.41, 5.74) is 2.60. The SMILES string of the molecule is COc1cc(Cl)c(C)cc1NC(=O)C(C)OC(=O)c1cccc(C)c1. The molecule has 0 aliphatic rings. The molecular weight excluding hydrogens is 342 g/mol. The molecule has 0 radical (unpaired) electrons. The van der Waals surface area contributed by atoms with Crippen molar-refractivity contribution in [2.45, 2.75) is 26.9 Å². The molecule has 1 N–H and O–H groups in total. The van der Waals surface area contributed by atoms with Crippen LogP contribution in [-0.4, -0.2) is 25.1 Å². The maximum atomic E-state index is 12.3. The van der Waals surface area contributed by atoms with Crippen LogP contribution in [0.5, 0.6) is 5.75 Å². The van der Waals surface area contributed by atoms with Gasteiger partial charge in [0.05, 0.1) is 18.4 Å². The standard InChI is InChI=1S/C19H20ClNO4/c1-11-6-5-7-14(8-11)19(23)25-13(3)18(22)21-16-9-12(2)15(20)10-17(16)24-4/h5-10,13H,1-4H3,(H,21,22). The fraction of sp³-hybridized carbons (Fsp3) is 0.263. The van der Waals surface area contributed by atoms with Crippen LogP contribution in [0.15, 0.2) is 36.4 Å². The van der Waals surface area contributed by atoms with Crippen molar-refractivity contribution in [2.75, 3.05) is 12.4 Å². The van der Waals surface area contributed by atoms with Crippen LogP contribution in [0, 0.1) is 13.8 Å². The molecule has 1 atom stereocenters. The first-order valence-corrected chi connectivity index (χ1v) is 8.12. The van der Waals surface area contributed by atoms with E-state index in [1.807, 2.05) is 19.9 Å². The Morgan fingerprint density at radius 3 is 2.52 bits per heavy atom. The zero-order valence-corrected chi connectivity index (χ0v) is 15.3. The highest BCUT2D eigenvalue weighted by Crippen LogP contribution is 2.31. The Morgan fingerprint density at radius 2 is 1.88 bits per heavy atom. The Morgan fingerprint density at radius 1 is 1.16 bits per heavy atom. The fourth-order valence-corrected chi connectivity index (χ4v) is 2.37. The molecule has 0 aromatic heterocycles.